The van der Waals surface area contributed by atoms with Gasteiger partial charge in [0.05, 0.1) is 10.7 Å². The van der Waals surface area contributed by atoms with Crippen LogP contribution in [-0.2, 0) is 4.79 Å². The van der Waals surface area contributed by atoms with E-state index in [2.05, 4.69) is 42.3 Å². The van der Waals surface area contributed by atoms with E-state index in [1.165, 1.54) is 6.21 Å². The fourth-order valence-electron chi connectivity index (χ4n) is 2.04. The van der Waals surface area contributed by atoms with Gasteiger partial charge < -0.3 is 15.3 Å². The zero-order valence-corrected chi connectivity index (χ0v) is 16.3. The number of anilines is 1. The fraction of sp³-hybridized carbons (Fsp3) is 0.176. The number of hydrogen-bond donors (Lipinski definition) is 2. The maximum absolute atomic E-state index is 12.1. The van der Waals surface area contributed by atoms with Gasteiger partial charge in [0.15, 0.2) is 6.61 Å². The van der Waals surface area contributed by atoms with E-state index in [9.17, 15) is 4.79 Å². The molecular weight excluding hydrogens is 440 g/mol. The maximum atomic E-state index is 12.1. The lowest BCUT2D eigenvalue weighted by atomic mass is 10.1. The molecule has 2 aromatic rings. The second-order valence-corrected chi connectivity index (χ2v) is 6.96. The minimum atomic E-state index is -0.278. The number of carbonyl (C=O) groups excluding carboxylic acids is 1. The number of rotatable bonds is 5. The molecule has 0 aliphatic rings. The van der Waals surface area contributed by atoms with Crippen molar-refractivity contribution < 1.29 is 14.7 Å². The predicted octanol–water partition coefficient (Wildman–Crippen LogP) is 4.65. The van der Waals surface area contributed by atoms with E-state index in [1.807, 2.05) is 32.0 Å². The molecular formula is C17H16Br2N2O3. The highest BCUT2D eigenvalue weighted by atomic mass is 79.9. The van der Waals surface area contributed by atoms with Gasteiger partial charge in [-0.05, 0) is 65.2 Å². The van der Waals surface area contributed by atoms with E-state index in [4.69, 9.17) is 9.94 Å². The summed E-state index contributed by atoms with van der Waals surface area (Å²) in [7, 11) is 0. The summed E-state index contributed by atoms with van der Waals surface area (Å²) in [6, 6.07) is 9.21. The first kappa shape index (κ1) is 18.5. The Balaban J connectivity index is 2.07. The summed E-state index contributed by atoms with van der Waals surface area (Å²) in [5.41, 5.74) is 3.53. The molecule has 0 saturated carbocycles. The van der Waals surface area contributed by atoms with Gasteiger partial charge in [-0.2, -0.15) is 0 Å². The number of nitrogens with zero attached hydrogens (tertiary/aromatic N) is 1. The van der Waals surface area contributed by atoms with Crippen molar-refractivity contribution in [1.82, 2.24) is 0 Å². The van der Waals surface area contributed by atoms with Gasteiger partial charge in [0.1, 0.15) is 5.75 Å². The van der Waals surface area contributed by atoms with Crippen molar-refractivity contribution in [3.05, 3.63) is 56.0 Å². The van der Waals surface area contributed by atoms with Crippen molar-refractivity contribution in [3.63, 3.8) is 0 Å². The quantitative estimate of drug-likeness (QED) is 0.391. The van der Waals surface area contributed by atoms with Crippen LogP contribution in [0.4, 0.5) is 5.69 Å². The third kappa shape index (κ3) is 4.82. The monoisotopic (exact) mass is 454 g/mol. The summed E-state index contributed by atoms with van der Waals surface area (Å²) in [6.45, 7) is 3.83. The average molecular weight is 456 g/mol. The van der Waals surface area contributed by atoms with E-state index < -0.39 is 0 Å². The third-order valence-electron chi connectivity index (χ3n) is 3.37. The molecule has 7 heteroatoms. The zero-order valence-electron chi connectivity index (χ0n) is 13.1. The minimum Gasteiger partial charge on any atom is -0.482 e. The van der Waals surface area contributed by atoms with Gasteiger partial charge in [0.25, 0.3) is 5.91 Å². The molecule has 126 valence electrons. The molecule has 0 radical (unpaired) electrons. The number of halogens is 2. The van der Waals surface area contributed by atoms with Crippen LogP contribution in [-0.4, -0.2) is 23.9 Å². The van der Waals surface area contributed by atoms with Crippen LogP contribution in [0.3, 0.4) is 0 Å². The van der Waals surface area contributed by atoms with Crippen molar-refractivity contribution in [2.45, 2.75) is 13.8 Å². The number of hydrogen-bond acceptors (Lipinski definition) is 4. The molecule has 2 aromatic carbocycles. The SMILES string of the molecule is Cc1ccc(NC(=O)COc2c(Br)cc(Br)cc2/C=N/O)cc1C. The first-order chi connectivity index (χ1) is 11.4. The standard InChI is InChI=1S/C17H16Br2N2O3/c1-10-3-4-14(5-11(10)2)21-16(22)9-24-17-12(8-20-23)6-13(18)7-15(17)19/h3-8,23H,9H2,1-2H3,(H,21,22)/b20-8+. The summed E-state index contributed by atoms with van der Waals surface area (Å²) < 4.78 is 7.01. The highest BCUT2D eigenvalue weighted by Crippen LogP contribution is 2.32. The zero-order chi connectivity index (χ0) is 17.7. The van der Waals surface area contributed by atoms with Gasteiger partial charge in [0, 0.05) is 15.7 Å². The van der Waals surface area contributed by atoms with Gasteiger partial charge in [-0.1, -0.05) is 27.2 Å². The number of ether oxygens (including phenoxy) is 1. The molecule has 0 heterocycles. The van der Waals surface area contributed by atoms with Crippen LogP contribution < -0.4 is 10.1 Å². The minimum absolute atomic E-state index is 0.167. The van der Waals surface area contributed by atoms with Gasteiger partial charge in [-0.25, -0.2) is 0 Å². The van der Waals surface area contributed by atoms with E-state index in [0.717, 1.165) is 21.3 Å². The number of oxime groups is 1. The molecule has 1 amide bonds. The van der Waals surface area contributed by atoms with Crippen LogP contribution in [0.1, 0.15) is 16.7 Å². The molecule has 2 N–H and O–H groups in total. The second-order valence-electron chi connectivity index (χ2n) is 5.19. The van der Waals surface area contributed by atoms with Gasteiger partial charge in [-0.3, -0.25) is 4.79 Å². The molecule has 0 atom stereocenters. The van der Waals surface area contributed by atoms with Crippen LogP contribution in [0.5, 0.6) is 5.75 Å². The third-order valence-corrected chi connectivity index (χ3v) is 4.42. The maximum Gasteiger partial charge on any atom is 0.262 e. The Kier molecular flexibility index (Phi) is 6.39. The van der Waals surface area contributed by atoms with E-state index in [0.29, 0.717) is 15.8 Å². The second kappa shape index (κ2) is 8.30. The molecule has 0 bridgehead atoms. The highest BCUT2D eigenvalue weighted by Gasteiger charge is 2.12. The summed E-state index contributed by atoms with van der Waals surface area (Å²) in [5, 5.41) is 14.6. The number of carbonyl (C=O) groups is 1. The largest absolute Gasteiger partial charge is 0.482 e. The van der Waals surface area contributed by atoms with E-state index >= 15 is 0 Å². The molecule has 0 spiro atoms. The smallest absolute Gasteiger partial charge is 0.262 e. The molecule has 0 unspecified atom stereocenters. The lowest BCUT2D eigenvalue weighted by Gasteiger charge is -2.12. The van der Waals surface area contributed by atoms with Crippen molar-refractivity contribution in [3.8, 4) is 5.75 Å². The molecule has 24 heavy (non-hydrogen) atoms. The van der Waals surface area contributed by atoms with Crippen LogP contribution >= 0.6 is 31.9 Å². The molecule has 0 aliphatic heterocycles. The van der Waals surface area contributed by atoms with E-state index in [-0.39, 0.29) is 12.5 Å². The topological polar surface area (TPSA) is 70.9 Å². The Morgan fingerprint density at radius 1 is 1.25 bits per heavy atom. The molecule has 0 aliphatic carbocycles. The van der Waals surface area contributed by atoms with Crippen molar-refractivity contribution in [2.24, 2.45) is 5.16 Å². The first-order valence-electron chi connectivity index (χ1n) is 7.07. The van der Waals surface area contributed by atoms with Crippen LogP contribution in [0.2, 0.25) is 0 Å². The normalized spacial score (nSPS) is 10.8. The van der Waals surface area contributed by atoms with Crippen molar-refractivity contribution in [1.29, 1.82) is 0 Å². The lowest BCUT2D eigenvalue weighted by molar-refractivity contribution is -0.118. The van der Waals surface area contributed by atoms with Gasteiger partial charge in [0.2, 0.25) is 0 Å². The lowest BCUT2D eigenvalue weighted by Crippen LogP contribution is -2.20. The number of aryl methyl sites for hydroxylation is 2. The van der Waals surface area contributed by atoms with Crippen LogP contribution in [0.25, 0.3) is 0 Å². The Labute approximate surface area is 157 Å². The summed E-state index contributed by atoms with van der Waals surface area (Å²) >= 11 is 6.72. The van der Waals surface area contributed by atoms with Crippen molar-refractivity contribution in [2.75, 3.05) is 11.9 Å². The summed E-state index contributed by atoms with van der Waals surface area (Å²) in [6.07, 6.45) is 1.24. The summed E-state index contributed by atoms with van der Waals surface area (Å²) in [5.74, 6) is 0.145. The number of benzene rings is 2. The molecule has 0 aromatic heterocycles. The highest BCUT2D eigenvalue weighted by molar-refractivity contribution is 9.11. The van der Waals surface area contributed by atoms with Crippen LogP contribution in [0.15, 0.2) is 44.4 Å². The summed E-state index contributed by atoms with van der Waals surface area (Å²) in [4.78, 5) is 12.1. The van der Waals surface area contributed by atoms with Gasteiger partial charge >= 0.3 is 0 Å². The average Bonchev–Trinajstić information content (AvgIpc) is 2.50. The number of amides is 1. The Morgan fingerprint density at radius 3 is 2.67 bits per heavy atom. The predicted molar refractivity (Wildman–Crippen MR) is 101 cm³/mol. The van der Waals surface area contributed by atoms with Gasteiger partial charge in [-0.15, -0.1) is 0 Å². The molecule has 5 nitrogen and oxygen atoms in total. The molecule has 0 fully saturated rings. The Morgan fingerprint density at radius 2 is 2.00 bits per heavy atom. The Bertz CT molecular complexity index is 792. The molecule has 0 saturated heterocycles. The van der Waals surface area contributed by atoms with Crippen molar-refractivity contribution >= 4 is 49.7 Å². The Hall–Kier alpha value is -1.86. The fourth-order valence-corrected chi connectivity index (χ4v) is 3.42. The number of nitrogens with one attached hydrogen (secondary N) is 1. The first-order valence-corrected chi connectivity index (χ1v) is 8.65. The van der Waals surface area contributed by atoms with E-state index in [1.54, 1.807) is 12.1 Å². The molecule has 2 rings (SSSR count). The van der Waals surface area contributed by atoms with Crippen LogP contribution in [0, 0.1) is 13.8 Å².